The topological polar surface area (TPSA) is 184 Å². The fourth-order valence-electron chi connectivity index (χ4n) is 7.72. The maximum absolute atomic E-state index is 14.3. The minimum absolute atomic E-state index is 0.0228. The molecule has 0 spiro atoms. The number of carbonyl (C=O) groups excluding carboxylic acids is 3. The summed E-state index contributed by atoms with van der Waals surface area (Å²) < 4.78 is 6.18. The normalized spacial score (nSPS) is 27.2. The summed E-state index contributed by atoms with van der Waals surface area (Å²) in [6.07, 6.45) is 0.220. The van der Waals surface area contributed by atoms with E-state index in [9.17, 15) is 34.8 Å². The molecule has 4 aliphatic rings. The third-order valence-corrected chi connectivity index (χ3v) is 10.1. The first-order valence-electron chi connectivity index (χ1n) is 15.4. The largest absolute Gasteiger partial charge is 0.510 e. The number of phenols is 1. The van der Waals surface area contributed by atoms with Crippen LogP contribution < -0.4 is 10.6 Å². The third kappa shape index (κ3) is 4.72. The monoisotopic (exact) mass is 635 g/mol. The van der Waals surface area contributed by atoms with E-state index >= 15 is 0 Å². The van der Waals surface area contributed by atoms with Gasteiger partial charge in [-0.2, -0.15) is 0 Å². The number of carbonyl (C=O) groups is 3. The number of likely N-dealkylation sites (N-methyl/N-ethyl adjacent to an activating group) is 2. The quantitative estimate of drug-likeness (QED) is 0.286. The van der Waals surface area contributed by atoms with E-state index in [2.05, 4.69) is 16.8 Å². The van der Waals surface area contributed by atoms with Crippen molar-refractivity contribution in [2.45, 2.75) is 31.0 Å². The van der Waals surface area contributed by atoms with Gasteiger partial charge in [-0.25, -0.2) is 0 Å². The van der Waals surface area contributed by atoms with Crippen LogP contribution in [0.3, 0.4) is 0 Å². The molecule has 1 aromatic carbocycles. The van der Waals surface area contributed by atoms with E-state index in [-0.39, 0.29) is 35.3 Å². The number of hydrogen-bond acceptors (Lipinski definition) is 12. The summed E-state index contributed by atoms with van der Waals surface area (Å²) in [6.45, 7) is 4.31. The second kappa shape index (κ2) is 11.3. The van der Waals surface area contributed by atoms with Gasteiger partial charge in [0.2, 0.25) is 5.78 Å². The van der Waals surface area contributed by atoms with Gasteiger partial charge in [-0.15, -0.1) is 0 Å². The second-order valence-electron chi connectivity index (χ2n) is 13.3. The summed E-state index contributed by atoms with van der Waals surface area (Å²) >= 11 is 0. The minimum Gasteiger partial charge on any atom is -0.510 e. The number of allylic oxidation sites excluding steroid dienone is 1. The molecule has 6 rings (SSSR count). The van der Waals surface area contributed by atoms with Crippen LogP contribution in [0.25, 0.3) is 11.3 Å². The van der Waals surface area contributed by atoms with Crippen LogP contribution in [0.5, 0.6) is 5.75 Å². The number of ketones is 2. The number of nitrogens with two attached hydrogens (primary N) is 1. The zero-order chi connectivity index (χ0) is 33.4. The molecule has 2 aromatic rings. The molecule has 1 fully saturated rings. The van der Waals surface area contributed by atoms with Gasteiger partial charge in [-0.1, -0.05) is 0 Å². The van der Waals surface area contributed by atoms with Crippen molar-refractivity contribution in [1.29, 1.82) is 0 Å². The van der Waals surface area contributed by atoms with Crippen molar-refractivity contribution in [3.05, 3.63) is 57.8 Å². The first kappa shape index (κ1) is 31.8. The molecule has 0 radical (unpaired) electrons. The lowest BCUT2D eigenvalue weighted by molar-refractivity contribution is -0.148. The minimum atomic E-state index is -2.69. The summed E-state index contributed by atoms with van der Waals surface area (Å²) in [7, 11) is 8.92. The lowest BCUT2D eigenvalue weighted by Crippen LogP contribution is -2.63. The number of benzene rings is 1. The number of nitrogens with zero attached hydrogens (tertiary/aromatic N) is 4. The van der Waals surface area contributed by atoms with Gasteiger partial charge in [0.05, 0.1) is 23.7 Å². The number of phenolic OH excluding ortho intramolecular Hbond substituents is 1. The Morgan fingerprint density at radius 1 is 1.09 bits per heavy atom. The number of amides is 1. The third-order valence-electron chi connectivity index (χ3n) is 10.1. The van der Waals surface area contributed by atoms with Crippen LogP contribution in [0, 0.1) is 11.8 Å². The van der Waals surface area contributed by atoms with Gasteiger partial charge in [0.15, 0.2) is 11.4 Å². The van der Waals surface area contributed by atoms with Gasteiger partial charge < -0.3 is 40.4 Å². The SMILES string of the molecule is CN1CCN(Cc2ccc(-c3cc(N(C)C)c4c(c3O)C(=O)C3=C(O)[C@]5(O)C(=O)C(C(N)=O)=C(O)[C@@H](N(C)C)[C@@H]5C[C@@H]3C4)o2)CC1. The summed E-state index contributed by atoms with van der Waals surface area (Å²) in [6, 6.07) is 4.32. The molecule has 1 saturated heterocycles. The molecule has 6 N–H and O–H groups in total. The smallest absolute Gasteiger partial charge is 0.255 e. The number of anilines is 1. The first-order chi connectivity index (χ1) is 21.7. The number of hydrogen-bond donors (Lipinski definition) is 5. The van der Waals surface area contributed by atoms with Crippen LogP contribution >= 0.6 is 0 Å². The van der Waals surface area contributed by atoms with Gasteiger partial charge in [-0.3, -0.25) is 24.2 Å². The highest BCUT2D eigenvalue weighted by Crippen LogP contribution is 2.54. The van der Waals surface area contributed by atoms with Gasteiger partial charge in [0.1, 0.15) is 34.4 Å². The van der Waals surface area contributed by atoms with E-state index in [1.54, 1.807) is 26.2 Å². The maximum atomic E-state index is 14.3. The number of primary amides is 1. The van der Waals surface area contributed by atoms with E-state index in [0.717, 1.165) is 26.2 Å². The number of aromatic hydroxyl groups is 1. The predicted molar refractivity (Wildman–Crippen MR) is 168 cm³/mol. The highest BCUT2D eigenvalue weighted by atomic mass is 16.4. The van der Waals surface area contributed by atoms with Crippen LogP contribution in [0.1, 0.15) is 28.1 Å². The van der Waals surface area contributed by atoms with Crippen molar-refractivity contribution >= 4 is 23.2 Å². The molecule has 46 heavy (non-hydrogen) atoms. The molecular weight excluding hydrogens is 594 g/mol. The number of piperazine rings is 1. The van der Waals surface area contributed by atoms with E-state index in [0.29, 0.717) is 29.3 Å². The zero-order valence-corrected chi connectivity index (χ0v) is 26.7. The summed E-state index contributed by atoms with van der Waals surface area (Å²) in [5, 5.41) is 46.2. The van der Waals surface area contributed by atoms with Crippen LogP contribution in [-0.2, 0) is 22.6 Å². The van der Waals surface area contributed by atoms with Crippen LogP contribution in [0.4, 0.5) is 5.69 Å². The van der Waals surface area contributed by atoms with Gasteiger partial charge in [0.25, 0.3) is 5.91 Å². The number of furan rings is 1. The standard InChI is InChI=1S/C33H41N5O8/c1-35(2)21-14-19(22-7-6-17(46-22)15-38-10-8-37(5)9-11-38)27(39)24-18(21)12-16-13-20-26(36(3)4)29(41)25(32(34)44)31(43)33(20,45)30(42)23(16)28(24)40/h6-7,14,16,20,26,39,41-42,45H,8-13,15H2,1-5H3,(H2,34,44)/t16-,20-,26-,33-/m0/s1. The number of fused-ring (bicyclic) bond motifs is 3. The second-order valence-corrected chi connectivity index (χ2v) is 13.3. The number of aliphatic hydroxyl groups excluding tert-OH is 2. The van der Waals surface area contributed by atoms with Crippen molar-refractivity contribution in [1.82, 2.24) is 14.7 Å². The average molecular weight is 636 g/mol. The van der Waals surface area contributed by atoms with E-state index in [1.807, 2.05) is 25.1 Å². The van der Waals surface area contributed by atoms with Crippen molar-refractivity contribution in [3.8, 4) is 17.1 Å². The predicted octanol–water partition coefficient (Wildman–Crippen LogP) is 1.19. The molecule has 0 bridgehead atoms. The lowest BCUT2D eigenvalue weighted by Gasteiger charge is -2.50. The molecule has 3 aliphatic carbocycles. The molecule has 1 aliphatic heterocycles. The lowest BCUT2D eigenvalue weighted by atomic mass is 9.58. The Bertz CT molecular complexity index is 1700. The Hall–Kier alpha value is -4.17. The van der Waals surface area contributed by atoms with Gasteiger partial charge in [-0.05, 0) is 63.7 Å². The molecule has 13 heteroatoms. The average Bonchev–Trinajstić information content (AvgIpc) is 3.44. The number of Topliss-reactive ketones (excluding diaryl/α,β-unsaturated/α-hetero) is 2. The summed E-state index contributed by atoms with van der Waals surface area (Å²) in [4.78, 5) is 48.1. The van der Waals surface area contributed by atoms with E-state index in [4.69, 9.17) is 10.2 Å². The molecule has 0 unspecified atom stereocenters. The van der Waals surface area contributed by atoms with Crippen LogP contribution in [-0.4, -0.2) is 126 Å². The molecule has 246 valence electrons. The van der Waals surface area contributed by atoms with Crippen molar-refractivity contribution in [3.63, 3.8) is 0 Å². The first-order valence-corrected chi connectivity index (χ1v) is 15.4. The van der Waals surface area contributed by atoms with E-state index < -0.39 is 58.0 Å². The highest BCUT2D eigenvalue weighted by molar-refractivity contribution is 6.25. The van der Waals surface area contributed by atoms with Gasteiger partial charge in [0, 0.05) is 57.5 Å². The fraction of sp³-hybridized carbons (Fsp3) is 0.485. The Labute approximate surface area is 266 Å². The summed E-state index contributed by atoms with van der Waals surface area (Å²) in [5.41, 5.74) is 3.15. The maximum Gasteiger partial charge on any atom is 0.255 e. The van der Waals surface area contributed by atoms with Crippen molar-refractivity contribution in [2.75, 3.05) is 66.3 Å². The zero-order valence-electron chi connectivity index (χ0n) is 26.7. The number of rotatable bonds is 6. The molecule has 2 heterocycles. The van der Waals surface area contributed by atoms with Crippen LogP contribution in [0.15, 0.2) is 45.3 Å². The Morgan fingerprint density at radius 2 is 1.76 bits per heavy atom. The van der Waals surface area contributed by atoms with Crippen molar-refractivity contribution < 1.29 is 39.2 Å². The van der Waals surface area contributed by atoms with Crippen LogP contribution in [0.2, 0.25) is 0 Å². The Morgan fingerprint density at radius 3 is 2.37 bits per heavy atom. The molecule has 13 nitrogen and oxygen atoms in total. The molecule has 1 aromatic heterocycles. The van der Waals surface area contributed by atoms with E-state index in [1.165, 1.54) is 4.90 Å². The Balaban J connectivity index is 1.45. The number of aliphatic hydroxyl groups is 3. The molecular formula is C33H41N5O8. The highest BCUT2D eigenvalue weighted by Gasteiger charge is 2.63. The van der Waals surface area contributed by atoms with Gasteiger partial charge >= 0.3 is 0 Å². The Kier molecular flexibility index (Phi) is 7.79. The molecule has 1 amide bonds. The van der Waals surface area contributed by atoms with Crippen molar-refractivity contribution in [2.24, 2.45) is 17.6 Å². The summed E-state index contributed by atoms with van der Waals surface area (Å²) in [5.74, 6) is -5.76. The fourth-order valence-corrected chi connectivity index (χ4v) is 7.72. The molecule has 4 atom stereocenters. The molecule has 0 saturated carbocycles.